The van der Waals surface area contributed by atoms with Gasteiger partial charge in [-0.15, -0.1) is 0 Å². The molecule has 4 heterocycles. The highest BCUT2D eigenvalue weighted by atomic mass is 79.9. The molecule has 0 bridgehead atoms. The SMILES string of the molecule is CC(C)(C)OC(=O)N1CCN(C(=O)Nc2cccc(F)c2)CC1.COC(=O)c1ccc(CBr)nc1.COC(=O)c1ccc(CN(C(=O)N2CCN(C(=O)OC(C)(C)C)CC2)c2cccc(F)c2)nc1. The van der Waals surface area contributed by atoms with Crippen molar-refractivity contribution in [1.82, 2.24) is 29.6 Å². The molecule has 1 N–H and O–H groups in total. The van der Waals surface area contributed by atoms with Gasteiger partial charge in [0.2, 0.25) is 0 Å². The van der Waals surface area contributed by atoms with Crippen LogP contribution in [0.5, 0.6) is 0 Å². The number of esters is 2. The molecule has 2 aromatic heterocycles. The fraction of sp³-hybridized carbons (Fsp3) is 0.417. The van der Waals surface area contributed by atoms with Crippen molar-refractivity contribution in [2.45, 2.75) is 64.6 Å². The number of piperazine rings is 2. The zero-order valence-corrected chi connectivity index (χ0v) is 41.6. The van der Waals surface area contributed by atoms with Crippen molar-refractivity contribution in [2.24, 2.45) is 0 Å². The molecule has 18 nitrogen and oxygen atoms in total. The molecule has 2 fully saturated rings. The van der Waals surface area contributed by atoms with Crippen LogP contribution >= 0.6 is 15.9 Å². The summed E-state index contributed by atoms with van der Waals surface area (Å²) in [6.07, 6.45) is 2.08. The second-order valence-electron chi connectivity index (χ2n) is 17.4. The number of hydrogen-bond donors (Lipinski definition) is 1. The molecule has 6 rings (SSSR count). The van der Waals surface area contributed by atoms with Crippen molar-refractivity contribution >= 4 is 63.5 Å². The van der Waals surface area contributed by atoms with Gasteiger partial charge in [0.1, 0.15) is 22.8 Å². The maximum atomic E-state index is 14.0. The van der Waals surface area contributed by atoms with Crippen LogP contribution in [0.3, 0.4) is 0 Å². The van der Waals surface area contributed by atoms with Gasteiger partial charge in [0.05, 0.1) is 43.3 Å². The van der Waals surface area contributed by atoms with Gasteiger partial charge in [-0.3, -0.25) is 14.9 Å². The van der Waals surface area contributed by atoms with Crippen molar-refractivity contribution in [2.75, 3.05) is 76.8 Å². The average Bonchev–Trinajstić information content (AvgIpc) is 3.32. The normalized spacial score (nSPS) is 13.6. The molecule has 21 heteroatoms. The number of nitrogens with one attached hydrogen (secondary N) is 1. The summed E-state index contributed by atoms with van der Waals surface area (Å²) in [5.41, 5.74) is 1.80. The fourth-order valence-corrected chi connectivity index (χ4v) is 6.67. The van der Waals surface area contributed by atoms with Crippen LogP contribution in [0.1, 0.15) is 73.6 Å². The summed E-state index contributed by atoms with van der Waals surface area (Å²) in [6.45, 7) is 13.8. The Kier molecular flexibility index (Phi) is 20.2. The molecule has 372 valence electrons. The monoisotopic (exact) mass is 1020 g/mol. The number of rotatable bonds is 7. The van der Waals surface area contributed by atoms with Gasteiger partial charge in [0, 0.05) is 81.5 Å². The van der Waals surface area contributed by atoms with Gasteiger partial charge in [-0.1, -0.05) is 28.1 Å². The quantitative estimate of drug-likeness (QED) is 0.106. The minimum atomic E-state index is -0.603. The first-order valence-electron chi connectivity index (χ1n) is 21.8. The number of methoxy groups -OCH3 is 2. The molecule has 2 aliphatic rings. The number of carbonyl (C=O) groups is 6. The zero-order valence-electron chi connectivity index (χ0n) is 40.0. The summed E-state index contributed by atoms with van der Waals surface area (Å²) < 4.78 is 47.0. The van der Waals surface area contributed by atoms with Gasteiger partial charge in [0.15, 0.2) is 0 Å². The number of anilines is 2. The Morgan fingerprint density at radius 2 is 1.07 bits per heavy atom. The lowest BCUT2D eigenvalue weighted by atomic mass is 10.2. The second-order valence-corrected chi connectivity index (χ2v) is 18.0. The molecule has 0 saturated carbocycles. The summed E-state index contributed by atoms with van der Waals surface area (Å²) in [7, 11) is 2.63. The standard InChI is InChI=1S/C24H29FN4O5.C16H22FN3O3.C8H8BrNO2/c1-24(2,3)34-23(32)28-12-10-27(11-13-28)22(31)29(20-7-5-6-18(25)14-20)16-19-9-8-17(15-26-19)21(30)33-4;1-16(2,3)23-15(22)20-9-7-19(8-10-20)14(21)18-13-6-4-5-12(17)11-13;1-12-8(11)6-2-3-7(4-9)10-5-6/h5-9,14-15H,10-13,16H2,1-4H3;4-6,11H,7-10H2,1-3H3,(H,18,21);2-3,5H,4H2,1H3. The highest BCUT2D eigenvalue weighted by Gasteiger charge is 2.31. The van der Waals surface area contributed by atoms with E-state index in [4.69, 9.17) is 9.47 Å². The van der Waals surface area contributed by atoms with E-state index in [0.717, 1.165) is 5.69 Å². The van der Waals surface area contributed by atoms with E-state index in [1.165, 1.54) is 67.9 Å². The van der Waals surface area contributed by atoms with Crippen LogP contribution in [0.4, 0.5) is 39.3 Å². The smallest absolute Gasteiger partial charge is 0.410 e. The Morgan fingerprint density at radius 1 is 0.623 bits per heavy atom. The molecular formula is C48H59BrF2N8O10. The number of nitrogens with zero attached hydrogens (tertiary/aromatic N) is 7. The predicted octanol–water partition coefficient (Wildman–Crippen LogP) is 8.36. The van der Waals surface area contributed by atoms with Gasteiger partial charge in [0.25, 0.3) is 0 Å². The van der Waals surface area contributed by atoms with Gasteiger partial charge in [-0.05, 0) is 102 Å². The summed E-state index contributed by atoms with van der Waals surface area (Å²) in [5.74, 6) is -1.75. The molecule has 0 unspecified atom stereocenters. The number of pyridine rings is 2. The first-order valence-corrected chi connectivity index (χ1v) is 22.9. The largest absolute Gasteiger partial charge is 0.465 e. The number of ether oxygens (including phenoxy) is 4. The van der Waals surface area contributed by atoms with Crippen LogP contribution in [0.25, 0.3) is 0 Å². The Morgan fingerprint density at radius 3 is 1.49 bits per heavy atom. The van der Waals surface area contributed by atoms with E-state index in [1.54, 1.807) is 76.8 Å². The molecule has 6 amide bonds. The lowest BCUT2D eigenvalue weighted by Crippen LogP contribution is -2.54. The average molecular weight is 1030 g/mol. The van der Waals surface area contributed by atoms with Gasteiger partial charge in [-0.25, -0.2) is 37.5 Å². The molecule has 0 atom stereocenters. The van der Waals surface area contributed by atoms with E-state index in [-0.39, 0.29) is 36.2 Å². The summed E-state index contributed by atoms with van der Waals surface area (Å²) in [4.78, 5) is 88.5. The number of benzene rings is 2. The van der Waals surface area contributed by atoms with Crippen LogP contribution < -0.4 is 10.2 Å². The molecule has 4 aromatic rings. The number of hydrogen-bond acceptors (Lipinski definition) is 12. The summed E-state index contributed by atoms with van der Waals surface area (Å²) in [6, 6.07) is 17.5. The van der Waals surface area contributed by atoms with Crippen LogP contribution in [-0.4, -0.2) is 144 Å². The fourth-order valence-electron chi connectivity index (χ4n) is 6.34. The van der Waals surface area contributed by atoms with E-state index in [1.807, 2.05) is 20.8 Å². The van der Waals surface area contributed by atoms with E-state index < -0.39 is 34.9 Å². The number of aromatic nitrogens is 2. The first-order chi connectivity index (χ1) is 32.6. The summed E-state index contributed by atoms with van der Waals surface area (Å²) >= 11 is 3.26. The minimum absolute atomic E-state index is 0.0655. The van der Waals surface area contributed by atoms with Crippen molar-refractivity contribution < 1.29 is 56.5 Å². The third-order valence-electron chi connectivity index (χ3n) is 9.80. The number of halogens is 3. The van der Waals surface area contributed by atoms with Crippen molar-refractivity contribution in [3.05, 3.63) is 119 Å². The van der Waals surface area contributed by atoms with E-state index >= 15 is 0 Å². The van der Waals surface area contributed by atoms with Crippen molar-refractivity contribution in [3.63, 3.8) is 0 Å². The maximum Gasteiger partial charge on any atom is 0.410 e. The van der Waals surface area contributed by atoms with Crippen molar-refractivity contribution in [1.29, 1.82) is 0 Å². The number of urea groups is 2. The van der Waals surface area contributed by atoms with Crippen LogP contribution in [0, 0.1) is 11.6 Å². The van der Waals surface area contributed by atoms with Gasteiger partial charge >= 0.3 is 36.2 Å². The number of alkyl halides is 1. The Labute approximate surface area is 409 Å². The number of amides is 6. The highest BCUT2D eigenvalue weighted by Crippen LogP contribution is 2.22. The third-order valence-corrected chi connectivity index (χ3v) is 10.4. The van der Waals surface area contributed by atoms with Crippen LogP contribution in [-0.2, 0) is 30.8 Å². The first kappa shape index (κ1) is 54.7. The third kappa shape index (κ3) is 17.9. The van der Waals surface area contributed by atoms with Gasteiger partial charge in [-0.2, -0.15) is 0 Å². The second kappa shape index (κ2) is 25.5. The lowest BCUT2D eigenvalue weighted by Gasteiger charge is -2.38. The predicted molar refractivity (Wildman–Crippen MR) is 256 cm³/mol. The van der Waals surface area contributed by atoms with Crippen LogP contribution in [0.2, 0.25) is 0 Å². The Bertz CT molecular complexity index is 2370. The molecule has 0 radical (unpaired) electrons. The maximum absolute atomic E-state index is 14.0. The van der Waals surface area contributed by atoms with Gasteiger partial charge < -0.3 is 43.9 Å². The van der Waals surface area contributed by atoms with E-state index in [9.17, 15) is 37.5 Å². The molecule has 0 spiro atoms. The van der Waals surface area contributed by atoms with E-state index in [2.05, 4.69) is 40.7 Å². The minimum Gasteiger partial charge on any atom is -0.465 e. The highest BCUT2D eigenvalue weighted by molar-refractivity contribution is 9.08. The van der Waals surface area contributed by atoms with E-state index in [0.29, 0.717) is 80.3 Å². The molecular weight excluding hydrogens is 966 g/mol. The molecule has 0 aliphatic carbocycles. The molecule has 2 aromatic carbocycles. The lowest BCUT2D eigenvalue weighted by molar-refractivity contribution is 0.0165. The van der Waals surface area contributed by atoms with Crippen LogP contribution in [0.15, 0.2) is 85.2 Å². The molecule has 2 aliphatic heterocycles. The topological polar surface area (TPSA) is 193 Å². The summed E-state index contributed by atoms with van der Waals surface area (Å²) in [5, 5.41) is 3.34. The molecule has 2 saturated heterocycles. The van der Waals surface area contributed by atoms with Crippen molar-refractivity contribution in [3.8, 4) is 0 Å². The Hall–Kier alpha value is -6.90. The number of carbonyl (C=O) groups excluding carboxylic acids is 6. The Balaban J connectivity index is 0.000000254. The molecule has 69 heavy (non-hydrogen) atoms. The zero-order chi connectivity index (χ0) is 50.9.